The Morgan fingerprint density at radius 3 is 2.00 bits per heavy atom. The Morgan fingerprint density at radius 1 is 0.829 bits per heavy atom. The normalized spacial score (nSPS) is 45.8. The second kappa shape index (κ2) is 14.1. The van der Waals surface area contributed by atoms with E-state index in [2.05, 4.69) is 9.50 Å². The number of carbonyl (C=O) groups is 1. The molecule has 3 rings (SSSR count). The molecule has 0 bridgehead atoms. The summed E-state index contributed by atoms with van der Waals surface area (Å²) < 4.78 is 68.4. The molecule has 0 aromatic carbocycles. The van der Waals surface area contributed by atoms with E-state index in [0.29, 0.717) is 0 Å². The molecule has 3 heterocycles. The first-order valence-electron chi connectivity index (χ1n) is 12.5. The van der Waals surface area contributed by atoms with Gasteiger partial charge in [0.15, 0.2) is 18.9 Å². The van der Waals surface area contributed by atoms with E-state index in [1.54, 1.807) is 0 Å². The monoisotopic (exact) mass is 623 g/mol. The molecule has 20 heteroatoms. The van der Waals surface area contributed by atoms with Crippen molar-refractivity contribution < 1.29 is 86.1 Å². The molecule has 0 unspecified atom stereocenters. The Balaban J connectivity index is 1.94. The van der Waals surface area contributed by atoms with Crippen LogP contribution in [0.2, 0.25) is 0 Å². The summed E-state index contributed by atoms with van der Waals surface area (Å²) in [6.45, 7) is 0.700. The maximum absolute atomic E-state index is 12.0. The van der Waals surface area contributed by atoms with Gasteiger partial charge in [0.05, 0.1) is 19.3 Å². The minimum atomic E-state index is -4.96. The summed E-state index contributed by atoms with van der Waals surface area (Å²) in [4.78, 5) is 12.0. The van der Waals surface area contributed by atoms with Crippen molar-refractivity contribution in [2.24, 2.45) is 0 Å². The average molecular weight is 624 g/mol. The summed E-state index contributed by atoms with van der Waals surface area (Å²) >= 11 is 0. The predicted molar refractivity (Wildman–Crippen MR) is 127 cm³/mol. The van der Waals surface area contributed by atoms with Crippen LogP contribution < -0.4 is 5.32 Å². The summed E-state index contributed by atoms with van der Waals surface area (Å²) in [5.74, 6) is -0.680. The van der Waals surface area contributed by atoms with E-state index in [9.17, 15) is 49.0 Å². The van der Waals surface area contributed by atoms with E-state index >= 15 is 0 Å². The second-order valence-corrected chi connectivity index (χ2v) is 10.9. The molecule has 19 nitrogen and oxygen atoms in total. The standard InChI is InChI=1S/C21H37NO18S/c1-6-11(25)13(27)14(28)20(36-6)40-17-10(22-7(2)24)19(30)37-8(4-23)16(17)39-21-15(29)18(34-3)12(26)9(38-21)5-35-41(31,32)33/h6,8-21,23,25-30H,4-5H2,1-3H3,(H,22,24)(H,31,32,33)/t6-,8+,9+,10+,11+,12-,13+,14-,15+,16+,17+,18-,19+,20-,21-/m0/s1. The number of hydrogen-bond donors (Lipinski definition) is 9. The zero-order chi connectivity index (χ0) is 30.8. The zero-order valence-electron chi connectivity index (χ0n) is 22.1. The third-order valence-corrected chi connectivity index (χ3v) is 7.34. The summed E-state index contributed by atoms with van der Waals surface area (Å²) in [5, 5.41) is 75.0. The Hall–Kier alpha value is -1.18. The van der Waals surface area contributed by atoms with Gasteiger partial charge in [-0.05, 0) is 6.92 Å². The summed E-state index contributed by atoms with van der Waals surface area (Å²) in [6, 6.07) is -1.47. The topological polar surface area (TPSA) is 290 Å². The Morgan fingerprint density at radius 2 is 1.44 bits per heavy atom. The molecule has 9 N–H and O–H groups in total. The quantitative estimate of drug-likeness (QED) is 0.102. The second-order valence-electron chi connectivity index (χ2n) is 9.79. The van der Waals surface area contributed by atoms with Gasteiger partial charge in [-0.25, -0.2) is 4.18 Å². The van der Waals surface area contributed by atoms with Gasteiger partial charge in [0.1, 0.15) is 67.1 Å². The highest BCUT2D eigenvalue weighted by molar-refractivity contribution is 7.80. The largest absolute Gasteiger partial charge is 0.397 e. The molecule has 0 radical (unpaired) electrons. The predicted octanol–water partition coefficient (Wildman–Crippen LogP) is -5.92. The molecule has 3 fully saturated rings. The van der Waals surface area contributed by atoms with Gasteiger partial charge in [-0.2, -0.15) is 8.42 Å². The highest BCUT2D eigenvalue weighted by Crippen LogP contribution is 2.33. The lowest BCUT2D eigenvalue weighted by Gasteiger charge is -2.49. The van der Waals surface area contributed by atoms with Crippen molar-refractivity contribution in [3.63, 3.8) is 0 Å². The van der Waals surface area contributed by atoms with Gasteiger partial charge in [0.25, 0.3) is 0 Å². The van der Waals surface area contributed by atoms with Crippen molar-refractivity contribution in [2.75, 3.05) is 20.3 Å². The molecule has 0 aromatic rings. The molecule has 3 saturated heterocycles. The van der Waals surface area contributed by atoms with Crippen LogP contribution in [0.1, 0.15) is 13.8 Å². The number of hydrogen-bond acceptors (Lipinski definition) is 17. The van der Waals surface area contributed by atoms with Crippen LogP contribution in [-0.2, 0) is 47.8 Å². The van der Waals surface area contributed by atoms with Crippen molar-refractivity contribution in [1.29, 1.82) is 0 Å². The number of nitrogens with one attached hydrogen (secondary N) is 1. The maximum atomic E-state index is 12.0. The van der Waals surface area contributed by atoms with Crippen LogP contribution >= 0.6 is 0 Å². The fraction of sp³-hybridized carbons (Fsp3) is 0.952. The Kier molecular flexibility index (Phi) is 11.8. The zero-order valence-corrected chi connectivity index (χ0v) is 23.0. The summed E-state index contributed by atoms with van der Waals surface area (Å²) in [5.41, 5.74) is 0. The van der Waals surface area contributed by atoms with E-state index in [1.165, 1.54) is 6.92 Å². The lowest BCUT2D eigenvalue weighted by Crippen LogP contribution is -2.69. The number of amides is 1. The van der Waals surface area contributed by atoms with Crippen molar-refractivity contribution in [2.45, 2.75) is 106 Å². The molecule has 3 aliphatic rings. The molecule has 0 aliphatic carbocycles. The Labute approximate surface area is 234 Å². The SMILES string of the molecule is CO[C@H]1[C@@H](O)[C@@H](COS(=O)(=O)O)O[C@@H](O[C@H]2[C@H](O[C@@H]3O[C@@H](C)[C@@H](O)[C@@H](O)[C@@H]3O)[C@@H](NC(C)=O)[C@H](O)O[C@@H]2CO)[C@@H]1O. The van der Waals surface area contributed by atoms with Crippen LogP contribution in [0.4, 0.5) is 0 Å². The third-order valence-electron chi connectivity index (χ3n) is 6.90. The van der Waals surface area contributed by atoms with Gasteiger partial charge in [0.2, 0.25) is 5.91 Å². The highest BCUT2D eigenvalue weighted by Gasteiger charge is 2.54. The fourth-order valence-corrected chi connectivity index (χ4v) is 5.11. The molecule has 15 atom stereocenters. The van der Waals surface area contributed by atoms with Crippen LogP contribution in [0.25, 0.3) is 0 Å². The number of methoxy groups -OCH3 is 1. The van der Waals surface area contributed by atoms with Crippen molar-refractivity contribution in [3.05, 3.63) is 0 Å². The Bertz CT molecular complexity index is 972. The number of aliphatic hydroxyl groups is 7. The third kappa shape index (κ3) is 8.06. The van der Waals surface area contributed by atoms with E-state index in [-0.39, 0.29) is 0 Å². The smallest absolute Gasteiger partial charge is 0.394 e. The molecule has 0 aromatic heterocycles. The first kappa shape index (κ1) is 34.3. The van der Waals surface area contributed by atoms with Gasteiger partial charge in [-0.1, -0.05) is 0 Å². The minimum Gasteiger partial charge on any atom is -0.394 e. The van der Waals surface area contributed by atoms with Crippen molar-refractivity contribution >= 4 is 16.3 Å². The minimum absolute atomic E-state index is 0.680. The molecule has 240 valence electrons. The molecule has 41 heavy (non-hydrogen) atoms. The van der Waals surface area contributed by atoms with Gasteiger partial charge >= 0.3 is 10.4 Å². The molecule has 3 aliphatic heterocycles. The first-order chi connectivity index (χ1) is 19.1. The number of rotatable bonds is 10. The van der Waals surface area contributed by atoms with E-state index in [0.717, 1.165) is 14.0 Å². The molecule has 0 spiro atoms. The van der Waals surface area contributed by atoms with Crippen LogP contribution in [0.3, 0.4) is 0 Å². The number of ether oxygens (including phenoxy) is 6. The van der Waals surface area contributed by atoms with Crippen LogP contribution in [0.5, 0.6) is 0 Å². The first-order valence-corrected chi connectivity index (χ1v) is 13.8. The molecule has 0 saturated carbocycles. The van der Waals surface area contributed by atoms with Gasteiger partial charge in [-0.15, -0.1) is 0 Å². The maximum Gasteiger partial charge on any atom is 0.397 e. The van der Waals surface area contributed by atoms with E-state index in [4.69, 9.17) is 33.0 Å². The molecular weight excluding hydrogens is 586 g/mol. The van der Waals surface area contributed by atoms with E-state index in [1.807, 2.05) is 0 Å². The van der Waals surface area contributed by atoms with Gasteiger partial charge < -0.3 is 69.5 Å². The summed E-state index contributed by atoms with van der Waals surface area (Å²) in [7, 11) is -3.85. The number of aliphatic hydroxyl groups excluding tert-OH is 7. The average Bonchev–Trinajstić information content (AvgIpc) is 2.89. The lowest BCUT2D eigenvalue weighted by molar-refractivity contribution is -0.371. The molecular formula is C21H37NO18S. The highest BCUT2D eigenvalue weighted by atomic mass is 32.3. The lowest BCUT2D eigenvalue weighted by atomic mass is 9.94. The van der Waals surface area contributed by atoms with Gasteiger partial charge in [-0.3, -0.25) is 9.35 Å². The van der Waals surface area contributed by atoms with Crippen LogP contribution in [0, 0.1) is 0 Å². The summed E-state index contributed by atoms with van der Waals surface area (Å²) in [6.07, 6.45) is -22.5. The van der Waals surface area contributed by atoms with Gasteiger partial charge in [0, 0.05) is 14.0 Å². The number of carbonyl (C=O) groups excluding carboxylic acids is 1. The van der Waals surface area contributed by atoms with Crippen molar-refractivity contribution in [3.8, 4) is 0 Å². The van der Waals surface area contributed by atoms with E-state index < -0.39 is 122 Å². The molecule has 1 amide bonds. The van der Waals surface area contributed by atoms with Crippen LogP contribution in [0.15, 0.2) is 0 Å². The van der Waals surface area contributed by atoms with Crippen molar-refractivity contribution in [1.82, 2.24) is 5.32 Å². The van der Waals surface area contributed by atoms with Crippen LogP contribution in [-0.4, -0.2) is 167 Å². The fourth-order valence-electron chi connectivity index (χ4n) is 4.80.